The Labute approximate surface area is 118 Å². The van der Waals surface area contributed by atoms with Gasteiger partial charge in [-0.25, -0.2) is 0 Å². The Bertz CT molecular complexity index is 543. The highest BCUT2D eigenvalue weighted by molar-refractivity contribution is 9.10. The molecule has 0 radical (unpaired) electrons. The van der Waals surface area contributed by atoms with Gasteiger partial charge in [0.2, 0.25) is 5.91 Å². The van der Waals surface area contributed by atoms with E-state index in [1.54, 1.807) is 17.4 Å². The maximum absolute atomic E-state index is 11.9. The number of halogens is 1. The molecule has 3 N–H and O–H groups in total. The van der Waals surface area contributed by atoms with Crippen LogP contribution in [0.2, 0.25) is 0 Å². The molecule has 1 heterocycles. The second-order valence-corrected chi connectivity index (χ2v) is 5.94. The summed E-state index contributed by atoms with van der Waals surface area (Å²) in [6, 6.07) is 7.60. The number of rotatable bonds is 3. The topological polar surface area (TPSA) is 55.1 Å². The predicted molar refractivity (Wildman–Crippen MR) is 79.9 cm³/mol. The van der Waals surface area contributed by atoms with Crippen LogP contribution < -0.4 is 11.1 Å². The molecule has 0 saturated heterocycles. The summed E-state index contributed by atoms with van der Waals surface area (Å²) in [4.78, 5) is 12.9. The van der Waals surface area contributed by atoms with E-state index in [0.29, 0.717) is 17.8 Å². The lowest BCUT2D eigenvalue weighted by molar-refractivity contribution is -0.115. The number of nitrogen functional groups attached to an aromatic ring is 1. The van der Waals surface area contributed by atoms with Crippen molar-refractivity contribution in [2.75, 3.05) is 11.1 Å². The molecule has 3 nitrogen and oxygen atoms in total. The second-order valence-electron chi connectivity index (χ2n) is 3.99. The highest BCUT2D eigenvalue weighted by Crippen LogP contribution is 2.28. The lowest BCUT2D eigenvalue weighted by Gasteiger charge is -2.11. The van der Waals surface area contributed by atoms with Crippen LogP contribution in [0.4, 0.5) is 11.4 Å². The van der Waals surface area contributed by atoms with E-state index in [1.165, 1.54) is 0 Å². The number of hydrogen-bond acceptors (Lipinski definition) is 3. The minimum Gasteiger partial charge on any atom is -0.397 e. The van der Waals surface area contributed by atoms with Crippen molar-refractivity contribution in [1.82, 2.24) is 0 Å². The van der Waals surface area contributed by atoms with Gasteiger partial charge >= 0.3 is 0 Å². The first-order valence-corrected chi connectivity index (χ1v) is 7.11. The van der Waals surface area contributed by atoms with Crippen molar-refractivity contribution < 1.29 is 4.79 Å². The van der Waals surface area contributed by atoms with Gasteiger partial charge in [-0.3, -0.25) is 4.79 Å². The van der Waals surface area contributed by atoms with Crippen LogP contribution in [0.1, 0.15) is 10.4 Å². The van der Waals surface area contributed by atoms with Crippen LogP contribution in [-0.4, -0.2) is 5.91 Å². The number of anilines is 2. The normalized spacial score (nSPS) is 10.3. The smallest absolute Gasteiger partial charge is 0.229 e. The number of benzene rings is 1. The molecule has 5 heteroatoms. The summed E-state index contributed by atoms with van der Waals surface area (Å²) in [5, 5.41) is 4.83. The summed E-state index contributed by atoms with van der Waals surface area (Å²) in [7, 11) is 0. The van der Waals surface area contributed by atoms with Crippen LogP contribution >= 0.6 is 27.3 Å². The molecular weight excluding hydrogens is 312 g/mol. The third-order valence-electron chi connectivity index (χ3n) is 2.51. The lowest BCUT2D eigenvalue weighted by atomic mass is 10.1. The van der Waals surface area contributed by atoms with Crippen LogP contribution in [0.25, 0.3) is 0 Å². The first-order valence-electron chi connectivity index (χ1n) is 5.44. The Morgan fingerprint density at radius 3 is 2.89 bits per heavy atom. The Kier molecular flexibility index (Phi) is 4.04. The molecular formula is C13H13BrN2OS. The summed E-state index contributed by atoms with van der Waals surface area (Å²) in [6.07, 6.45) is 0.382. The van der Waals surface area contributed by atoms with E-state index in [1.807, 2.05) is 30.5 Å². The molecule has 0 atom stereocenters. The number of nitrogens with two attached hydrogens (primary N) is 1. The van der Waals surface area contributed by atoms with Gasteiger partial charge in [-0.05, 0) is 36.1 Å². The number of thiophene rings is 1. The number of carbonyl (C=O) groups is 1. The van der Waals surface area contributed by atoms with Gasteiger partial charge in [0.25, 0.3) is 0 Å². The van der Waals surface area contributed by atoms with E-state index < -0.39 is 0 Å². The highest BCUT2D eigenvalue weighted by Gasteiger charge is 2.10. The van der Waals surface area contributed by atoms with Gasteiger partial charge in [-0.1, -0.05) is 22.0 Å². The van der Waals surface area contributed by atoms with Crippen molar-refractivity contribution >= 4 is 44.5 Å². The molecule has 0 aliphatic rings. The van der Waals surface area contributed by atoms with Gasteiger partial charge in [0.1, 0.15) is 0 Å². The third-order valence-corrected chi connectivity index (χ3v) is 3.84. The number of hydrogen-bond donors (Lipinski definition) is 2. The molecule has 0 bridgehead atoms. The van der Waals surface area contributed by atoms with E-state index in [-0.39, 0.29) is 5.91 Å². The molecule has 2 rings (SSSR count). The van der Waals surface area contributed by atoms with Crippen molar-refractivity contribution in [2.24, 2.45) is 0 Å². The summed E-state index contributed by atoms with van der Waals surface area (Å²) in [5.74, 6) is -0.0467. The summed E-state index contributed by atoms with van der Waals surface area (Å²) in [6.45, 7) is 1.92. The van der Waals surface area contributed by atoms with Crippen molar-refractivity contribution in [3.8, 4) is 0 Å². The van der Waals surface area contributed by atoms with Crippen molar-refractivity contribution in [3.63, 3.8) is 0 Å². The number of carbonyl (C=O) groups excluding carboxylic acids is 1. The molecule has 2 aromatic rings. The average molecular weight is 325 g/mol. The molecule has 0 unspecified atom stereocenters. The van der Waals surface area contributed by atoms with E-state index >= 15 is 0 Å². The Morgan fingerprint density at radius 1 is 1.50 bits per heavy atom. The van der Waals surface area contributed by atoms with Gasteiger partial charge in [0, 0.05) is 9.35 Å². The molecule has 1 aromatic heterocycles. The summed E-state index contributed by atoms with van der Waals surface area (Å²) >= 11 is 4.94. The van der Waals surface area contributed by atoms with Gasteiger partial charge in [-0.15, -0.1) is 11.3 Å². The third kappa shape index (κ3) is 3.11. The summed E-state index contributed by atoms with van der Waals surface area (Å²) in [5.41, 5.74) is 8.11. The quantitative estimate of drug-likeness (QED) is 0.848. The number of aryl methyl sites for hydroxylation is 1. The van der Waals surface area contributed by atoms with E-state index in [0.717, 1.165) is 14.9 Å². The van der Waals surface area contributed by atoms with Gasteiger partial charge in [0.15, 0.2) is 0 Å². The standard InChI is InChI=1S/C13H13BrN2OS/c1-8-5-9(14)6-11(15)13(8)16-12(17)7-10-3-2-4-18-10/h2-6H,7,15H2,1H3,(H,16,17). The lowest BCUT2D eigenvalue weighted by Crippen LogP contribution is -2.15. The molecule has 0 spiro atoms. The largest absolute Gasteiger partial charge is 0.397 e. The van der Waals surface area contributed by atoms with Crippen molar-refractivity contribution in [3.05, 3.63) is 44.6 Å². The fourth-order valence-electron chi connectivity index (χ4n) is 1.69. The summed E-state index contributed by atoms with van der Waals surface area (Å²) < 4.78 is 0.911. The van der Waals surface area contributed by atoms with Crippen LogP contribution in [0.5, 0.6) is 0 Å². The van der Waals surface area contributed by atoms with Crippen LogP contribution in [0, 0.1) is 6.92 Å². The SMILES string of the molecule is Cc1cc(Br)cc(N)c1NC(=O)Cc1cccs1. The molecule has 0 aliphatic heterocycles. The number of nitrogens with one attached hydrogen (secondary N) is 1. The fraction of sp³-hybridized carbons (Fsp3) is 0.154. The minimum atomic E-state index is -0.0467. The minimum absolute atomic E-state index is 0.0467. The second kappa shape index (κ2) is 5.54. The zero-order valence-electron chi connectivity index (χ0n) is 9.87. The predicted octanol–water partition coefficient (Wildman–Crippen LogP) is 3.58. The number of amides is 1. The highest BCUT2D eigenvalue weighted by atomic mass is 79.9. The van der Waals surface area contributed by atoms with E-state index in [9.17, 15) is 4.79 Å². The first kappa shape index (κ1) is 13.1. The fourth-order valence-corrected chi connectivity index (χ4v) is 2.99. The molecule has 1 amide bonds. The zero-order valence-corrected chi connectivity index (χ0v) is 12.3. The molecule has 0 saturated carbocycles. The molecule has 1 aromatic carbocycles. The van der Waals surface area contributed by atoms with Crippen molar-refractivity contribution in [2.45, 2.75) is 13.3 Å². The van der Waals surface area contributed by atoms with Gasteiger partial charge < -0.3 is 11.1 Å². The van der Waals surface area contributed by atoms with Gasteiger partial charge in [0.05, 0.1) is 17.8 Å². The Morgan fingerprint density at radius 2 is 2.28 bits per heavy atom. The Hall–Kier alpha value is -1.33. The molecule has 0 fully saturated rings. The van der Waals surface area contributed by atoms with Gasteiger partial charge in [-0.2, -0.15) is 0 Å². The molecule has 0 aliphatic carbocycles. The van der Waals surface area contributed by atoms with Crippen LogP contribution in [-0.2, 0) is 11.2 Å². The zero-order chi connectivity index (χ0) is 13.1. The maximum atomic E-state index is 11.9. The maximum Gasteiger partial charge on any atom is 0.229 e. The van der Waals surface area contributed by atoms with Crippen LogP contribution in [0.15, 0.2) is 34.1 Å². The first-order chi connectivity index (χ1) is 8.56. The monoisotopic (exact) mass is 324 g/mol. The van der Waals surface area contributed by atoms with E-state index in [4.69, 9.17) is 5.73 Å². The van der Waals surface area contributed by atoms with Crippen molar-refractivity contribution in [1.29, 1.82) is 0 Å². The molecule has 18 heavy (non-hydrogen) atoms. The molecule has 94 valence electrons. The Balaban J connectivity index is 2.12. The van der Waals surface area contributed by atoms with E-state index in [2.05, 4.69) is 21.2 Å². The van der Waals surface area contributed by atoms with Crippen LogP contribution in [0.3, 0.4) is 0 Å². The average Bonchev–Trinajstić information content (AvgIpc) is 2.76.